The van der Waals surface area contributed by atoms with E-state index in [4.69, 9.17) is 13.7 Å². The van der Waals surface area contributed by atoms with Crippen molar-refractivity contribution in [3.8, 4) is 28.4 Å². The van der Waals surface area contributed by atoms with E-state index in [-0.39, 0.29) is 35.4 Å². The van der Waals surface area contributed by atoms with Crippen LogP contribution in [0, 0.1) is 17.0 Å². The molecule has 0 fully saturated rings. The highest BCUT2D eigenvalue weighted by Crippen LogP contribution is 2.45. The van der Waals surface area contributed by atoms with Gasteiger partial charge in [0.15, 0.2) is 0 Å². The van der Waals surface area contributed by atoms with Crippen molar-refractivity contribution in [2.45, 2.75) is 45.5 Å². The minimum Gasteiger partial charge on any atom is -0.496 e. The summed E-state index contributed by atoms with van der Waals surface area (Å²) >= 11 is 0. The summed E-state index contributed by atoms with van der Waals surface area (Å²) < 4.78 is 78.6. The number of anilines is 2. The molecule has 1 amide bonds. The number of methoxy groups -OCH3 is 1. The van der Waals surface area contributed by atoms with Crippen LogP contribution in [0.4, 0.5) is 30.2 Å². The molecule has 0 bridgehead atoms. The Bertz CT molecular complexity index is 1730. The molecule has 44 heavy (non-hydrogen) atoms. The van der Waals surface area contributed by atoms with Crippen molar-refractivity contribution >= 4 is 33.1 Å². The fourth-order valence-electron chi connectivity index (χ4n) is 4.81. The molecule has 236 valence electrons. The Balaban J connectivity index is 1.80. The van der Waals surface area contributed by atoms with E-state index in [1.165, 1.54) is 42.3 Å². The maximum Gasteiger partial charge on any atom is 0.390 e. The van der Waals surface area contributed by atoms with E-state index < -0.39 is 38.9 Å². The van der Waals surface area contributed by atoms with Crippen LogP contribution in [0.15, 0.2) is 48.5 Å². The first kappa shape index (κ1) is 32.4. The number of likely N-dealkylation sites (N-methyl/N-ethyl adjacent to an activating group) is 1. The van der Waals surface area contributed by atoms with Crippen molar-refractivity contribution in [3.63, 3.8) is 0 Å². The monoisotopic (exact) mass is 637 g/mol. The second-order valence-electron chi connectivity index (χ2n) is 10.7. The number of aryl methyl sites for hydroxylation is 1. The molecule has 0 aromatic heterocycles. The molecule has 0 aliphatic carbocycles. The number of rotatable bonds is 10. The average molecular weight is 638 g/mol. The zero-order valence-corrected chi connectivity index (χ0v) is 25.3. The molecule has 0 saturated heterocycles. The molecule has 0 radical (unpaired) electrons. The highest BCUT2D eigenvalue weighted by molar-refractivity contribution is 7.87. The van der Waals surface area contributed by atoms with E-state index >= 15 is 0 Å². The molecule has 0 unspecified atom stereocenters. The van der Waals surface area contributed by atoms with Crippen molar-refractivity contribution < 1.29 is 45.0 Å². The summed E-state index contributed by atoms with van der Waals surface area (Å²) in [5.74, 6) is -1.38. The van der Waals surface area contributed by atoms with Gasteiger partial charge < -0.3 is 23.9 Å². The van der Waals surface area contributed by atoms with Gasteiger partial charge in [-0.05, 0) is 56.2 Å². The number of nitro benzene ring substituents is 1. The van der Waals surface area contributed by atoms with Gasteiger partial charge in [0.05, 0.1) is 41.6 Å². The number of alkyl halides is 3. The summed E-state index contributed by atoms with van der Waals surface area (Å²) in [5.41, 5.74) is 2.07. The van der Waals surface area contributed by atoms with Crippen LogP contribution < -0.4 is 23.9 Å². The third-order valence-electron chi connectivity index (χ3n) is 6.98. The molecule has 1 N–H and O–H groups in total. The normalized spacial score (nSPS) is 14.5. The Labute approximate surface area is 251 Å². The van der Waals surface area contributed by atoms with Crippen molar-refractivity contribution in [2.24, 2.45) is 0 Å². The Hall–Kier alpha value is -4.53. The van der Waals surface area contributed by atoms with Crippen LogP contribution in [-0.4, -0.2) is 50.9 Å². The number of hydrogen-bond donors (Lipinski definition) is 1. The molecule has 11 nitrogen and oxygen atoms in total. The van der Waals surface area contributed by atoms with Gasteiger partial charge in [0.1, 0.15) is 29.4 Å². The Kier molecular flexibility index (Phi) is 8.73. The molecule has 0 atom stereocenters. The third kappa shape index (κ3) is 6.98. The van der Waals surface area contributed by atoms with Crippen LogP contribution >= 0.6 is 0 Å². The average Bonchev–Trinajstić information content (AvgIpc) is 2.93. The number of hydrogen-bond acceptors (Lipinski definition) is 9. The van der Waals surface area contributed by atoms with Gasteiger partial charge in [0.25, 0.3) is 11.6 Å². The summed E-state index contributed by atoms with van der Waals surface area (Å²) in [7, 11) is -1.64. The quantitative estimate of drug-likeness (QED) is 0.162. The van der Waals surface area contributed by atoms with Gasteiger partial charge >= 0.3 is 16.3 Å². The van der Waals surface area contributed by atoms with E-state index in [9.17, 15) is 36.5 Å². The van der Waals surface area contributed by atoms with Crippen LogP contribution in [0.25, 0.3) is 11.1 Å². The van der Waals surface area contributed by atoms with Crippen molar-refractivity contribution in [2.75, 3.05) is 30.1 Å². The maximum absolute atomic E-state index is 13.3. The van der Waals surface area contributed by atoms with Gasteiger partial charge in [-0.15, -0.1) is 0 Å². The molecule has 1 aliphatic rings. The maximum atomic E-state index is 13.3. The lowest BCUT2D eigenvalue weighted by Gasteiger charge is -2.39. The number of amides is 1. The van der Waals surface area contributed by atoms with Crippen LogP contribution in [-0.2, 0) is 21.5 Å². The van der Waals surface area contributed by atoms with Gasteiger partial charge in [0, 0.05) is 30.3 Å². The van der Waals surface area contributed by atoms with E-state index in [0.29, 0.717) is 33.6 Å². The molecule has 0 spiro atoms. The summed E-state index contributed by atoms with van der Waals surface area (Å²) in [4.78, 5) is 25.5. The molecule has 3 aromatic rings. The molecular formula is C29H30F3N3O8S. The lowest BCUT2D eigenvalue weighted by molar-refractivity contribution is -0.385. The molecular weight excluding hydrogens is 607 g/mol. The van der Waals surface area contributed by atoms with Crippen molar-refractivity contribution in [1.82, 2.24) is 0 Å². The highest BCUT2D eigenvalue weighted by Gasteiger charge is 2.39. The summed E-state index contributed by atoms with van der Waals surface area (Å²) in [6.45, 7) is 5.05. The zero-order chi connectivity index (χ0) is 32.6. The summed E-state index contributed by atoms with van der Waals surface area (Å²) in [6.07, 6.45) is -6.24. The first-order valence-electron chi connectivity index (χ1n) is 13.2. The van der Waals surface area contributed by atoms with Crippen LogP contribution in [0.5, 0.6) is 17.2 Å². The number of nitro groups is 1. The Morgan fingerprint density at radius 1 is 1.05 bits per heavy atom. The first-order valence-corrected chi connectivity index (χ1v) is 14.8. The van der Waals surface area contributed by atoms with Gasteiger partial charge in [-0.1, -0.05) is 6.07 Å². The SMILES string of the molecule is COc1cc(OS(=O)(=O)CCC(F)(F)F)ccc1-c1ccc2c(c1COc1cc([N+](=O)[O-])ccc1C)N(C)C(=O)C(C)(C)N2. The van der Waals surface area contributed by atoms with Crippen LogP contribution in [0.2, 0.25) is 0 Å². The largest absolute Gasteiger partial charge is 0.496 e. The number of carbonyl (C=O) groups is 1. The number of ether oxygens (including phenoxy) is 2. The van der Waals surface area contributed by atoms with Gasteiger partial charge in [-0.25, -0.2) is 0 Å². The smallest absolute Gasteiger partial charge is 0.390 e. The molecule has 1 aliphatic heterocycles. The van der Waals surface area contributed by atoms with E-state index in [1.807, 2.05) is 0 Å². The molecule has 0 saturated carbocycles. The van der Waals surface area contributed by atoms with Gasteiger partial charge in [-0.2, -0.15) is 21.6 Å². The summed E-state index contributed by atoms with van der Waals surface area (Å²) in [5, 5.41) is 14.6. The number of benzene rings is 3. The number of halogens is 3. The number of nitrogens with one attached hydrogen (secondary N) is 1. The van der Waals surface area contributed by atoms with E-state index in [1.54, 1.807) is 46.0 Å². The van der Waals surface area contributed by atoms with Gasteiger partial charge in [0.2, 0.25) is 0 Å². The standard InChI is InChI=1S/C29H30F3N3O8S/c1-17-6-7-18(35(37)38)14-24(17)42-16-22-20(10-11-23-26(22)34(4)27(36)28(2,3)33-23)21-9-8-19(15-25(21)41-5)43-44(39,40)13-12-29(30,31)32/h6-11,14-15,33H,12-13,16H2,1-5H3. The fraction of sp³-hybridized carbons (Fsp3) is 0.345. The Morgan fingerprint density at radius 2 is 1.73 bits per heavy atom. The fourth-order valence-corrected chi connectivity index (χ4v) is 5.77. The number of non-ortho nitro benzene ring substituents is 1. The minimum absolute atomic E-state index is 0.124. The van der Waals surface area contributed by atoms with Crippen molar-refractivity contribution in [3.05, 3.63) is 69.8 Å². The lowest BCUT2D eigenvalue weighted by Crippen LogP contribution is -2.52. The third-order valence-corrected chi connectivity index (χ3v) is 8.13. The van der Waals surface area contributed by atoms with E-state index in [0.717, 1.165) is 0 Å². The lowest BCUT2D eigenvalue weighted by atomic mass is 9.91. The second kappa shape index (κ2) is 11.9. The number of fused-ring (bicyclic) bond motifs is 1. The van der Waals surface area contributed by atoms with Gasteiger partial charge in [-0.3, -0.25) is 14.9 Å². The first-order chi connectivity index (χ1) is 20.4. The zero-order valence-electron chi connectivity index (χ0n) is 24.4. The predicted molar refractivity (Wildman–Crippen MR) is 157 cm³/mol. The topological polar surface area (TPSA) is 137 Å². The molecule has 3 aromatic carbocycles. The predicted octanol–water partition coefficient (Wildman–Crippen LogP) is 5.99. The highest BCUT2D eigenvalue weighted by atomic mass is 32.2. The number of carbonyl (C=O) groups excluding carboxylic acids is 1. The molecule has 4 rings (SSSR count). The van der Waals surface area contributed by atoms with Crippen molar-refractivity contribution in [1.29, 1.82) is 0 Å². The molecule has 1 heterocycles. The van der Waals surface area contributed by atoms with Crippen LogP contribution in [0.1, 0.15) is 31.4 Å². The minimum atomic E-state index is -4.68. The van der Waals surface area contributed by atoms with Crippen LogP contribution in [0.3, 0.4) is 0 Å². The second-order valence-corrected chi connectivity index (χ2v) is 12.4. The van der Waals surface area contributed by atoms with E-state index in [2.05, 4.69) is 5.32 Å². The summed E-state index contributed by atoms with van der Waals surface area (Å²) in [6, 6.07) is 11.7. The number of nitrogens with zero attached hydrogens (tertiary/aromatic N) is 2. The molecule has 15 heteroatoms. The Morgan fingerprint density at radius 3 is 2.36 bits per heavy atom.